The molecule has 2 aromatic carbocycles. The first-order valence-corrected chi connectivity index (χ1v) is 13.2. The fourth-order valence-electron chi connectivity index (χ4n) is 5.41. The Hall–Kier alpha value is -3.19. The SMILES string of the molecule is CCN1C2=C(C(=O)CCC2)C(c2ccc(OS(=O)(=O)c3ccccc3)cc2)C2=C1CCCC2=O. The molecule has 0 aromatic heterocycles. The van der Waals surface area contributed by atoms with Gasteiger partial charge >= 0.3 is 10.1 Å². The van der Waals surface area contributed by atoms with Gasteiger partial charge in [0.25, 0.3) is 0 Å². The third kappa shape index (κ3) is 3.88. The molecule has 0 unspecified atom stereocenters. The van der Waals surface area contributed by atoms with Crippen molar-refractivity contribution in [1.82, 2.24) is 4.90 Å². The van der Waals surface area contributed by atoms with Crippen molar-refractivity contribution in [2.75, 3.05) is 6.54 Å². The van der Waals surface area contributed by atoms with E-state index in [4.69, 9.17) is 4.18 Å². The highest BCUT2D eigenvalue weighted by atomic mass is 32.2. The third-order valence-electron chi connectivity index (χ3n) is 6.85. The van der Waals surface area contributed by atoms with Crippen LogP contribution in [0.2, 0.25) is 0 Å². The van der Waals surface area contributed by atoms with E-state index < -0.39 is 16.0 Å². The van der Waals surface area contributed by atoms with Gasteiger partial charge < -0.3 is 9.08 Å². The van der Waals surface area contributed by atoms with Gasteiger partial charge in [-0.15, -0.1) is 0 Å². The quantitative estimate of drug-likeness (QED) is 0.571. The van der Waals surface area contributed by atoms with Crippen molar-refractivity contribution in [3.05, 3.63) is 82.7 Å². The molecule has 0 radical (unpaired) electrons. The zero-order chi connectivity index (χ0) is 23.9. The van der Waals surface area contributed by atoms with E-state index in [0.717, 1.165) is 60.3 Å². The second-order valence-corrected chi connectivity index (χ2v) is 10.4. The smallest absolute Gasteiger partial charge is 0.339 e. The zero-order valence-corrected chi connectivity index (χ0v) is 19.9. The lowest BCUT2D eigenvalue weighted by Crippen LogP contribution is -2.39. The first-order valence-electron chi connectivity index (χ1n) is 11.8. The summed E-state index contributed by atoms with van der Waals surface area (Å²) in [5, 5.41) is 0. The van der Waals surface area contributed by atoms with Gasteiger partial charge in [0.15, 0.2) is 11.6 Å². The number of carbonyl (C=O) groups is 2. The topological polar surface area (TPSA) is 80.8 Å². The Kier molecular flexibility index (Phi) is 5.90. The Morgan fingerprint density at radius 3 is 1.91 bits per heavy atom. The molecule has 1 heterocycles. The van der Waals surface area contributed by atoms with Crippen LogP contribution < -0.4 is 4.18 Å². The number of rotatable bonds is 5. The predicted octanol–water partition coefficient (Wildman–Crippen LogP) is 4.89. The second kappa shape index (κ2) is 8.87. The number of carbonyl (C=O) groups excluding carboxylic acids is 2. The number of hydrogen-bond acceptors (Lipinski definition) is 6. The highest BCUT2D eigenvalue weighted by Gasteiger charge is 2.42. The maximum Gasteiger partial charge on any atom is 0.339 e. The summed E-state index contributed by atoms with van der Waals surface area (Å²) in [7, 11) is -3.95. The maximum absolute atomic E-state index is 13.1. The fraction of sp³-hybridized carbons (Fsp3) is 0.333. The van der Waals surface area contributed by atoms with Crippen LogP contribution in [0.25, 0.3) is 0 Å². The molecule has 176 valence electrons. The van der Waals surface area contributed by atoms with Crippen molar-refractivity contribution in [1.29, 1.82) is 0 Å². The average Bonchev–Trinajstić information content (AvgIpc) is 2.84. The van der Waals surface area contributed by atoms with E-state index in [1.807, 2.05) is 0 Å². The molecular weight excluding hydrogens is 450 g/mol. The lowest BCUT2D eigenvalue weighted by atomic mass is 9.71. The van der Waals surface area contributed by atoms with Crippen molar-refractivity contribution >= 4 is 21.7 Å². The Labute approximate surface area is 200 Å². The minimum absolute atomic E-state index is 0.0798. The first-order chi connectivity index (χ1) is 16.4. The van der Waals surface area contributed by atoms with Gasteiger partial charge in [-0.2, -0.15) is 8.42 Å². The van der Waals surface area contributed by atoms with Gasteiger partial charge in [0.2, 0.25) is 0 Å². The summed E-state index contributed by atoms with van der Waals surface area (Å²) in [6.07, 6.45) is 4.27. The van der Waals surface area contributed by atoms with Gasteiger partial charge in [-0.25, -0.2) is 0 Å². The molecule has 0 fully saturated rings. The van der Waals surface area contributed by atoms with Crippen molar-refractivity contribution in [2.45, 2.75) is 56.3 Å². The van der Waals surface area contributed by atoms with Gasteiger partial charge in [0.05, 0.1) is 0 Å². The van der Waals surface area contributed by atoms with E-state index in [-0.39, 0.29) is 22.2 Å². The zero-order valence-electron chi connectivity index (χ0n) is 19.1. The molecule has 6 nitrogen and oxygen atoms in total. The molecule has 5 rings (SSSR count). The highest BCUT2D eigenvalue weighted by molar-refractivity contribution is 7.87. The summed E-state index contributed by atoms with van der Waals surface area (Å²) < 4.78 is 30.5. The van der Waals surface area contributed by atoms with Crippen LogP contribution in [0, 0.1) is 0 Å². The Balaban J connectivity index is 1.54. The molecule has 2 aliphatic carbocycles. The molecule has 0 saturated heterocycles. The van der Waals surface area contributed by atoms with Crippen LogP contribution in [0.4, 0.5) is 0 Å². The number of allylic oxidation sites excluding steroid dienone is 4. The van der Waals surface area contributed by atoms with Gasteiger partial charge in [-0.1, -0.05) is 30.3 Å². The summed E-state index contributed by atoms with van der Waals surface area (Å²) in [5.74, 6) is -0.0247. The largest absolute Gasteiger partial charge is 0.379 e. The number of ketones is 2. The Morgan fingerprint density at radius 1 is 0.824 bits per heavy atom. The molecule has 34 heavy (non-hydrogen) atoms. The van der Waals surface area contributed by atoms with Crippen LogP contribution in [-0.4, -0.2) is 31.4 Å². The minimum Gasteiger partial charge on any atom is -0.379 e. The van der Waals surface area contributed by atoms with Crippen LogP contribution in [0.3, 0.4) is 0 Å². The number of benzene rings is 2. The summed E-state index contributed by atoms with van der Waals surface area (Å²) in [6, 6.07) is 14.7. The Bertz CT molecular complexity index is 1260. The van der Waals surface area contributed by atoms with Gasteiger partial charge in [0, 0.05) is 47.8 Å². The highest BCUT2D eigenvalue weighted by Crippen LogP contribution is 2.49. The van der Waals surface area contributed by atoms with Gasteiger partial charge in [-0.05, 0) is 62.4 Å². The van der Waals surface area contributed by atoms with Crippen molar-refractivity contribution in [2.24, 2.45) is 0 Å². The molecule has 0 amide bonds. The lowest BCUT2D eigenvalue weighted by Gasteiger charge is -2.43. The number of hydrogen-bond donors (Lipinski definition) is 0. The standard InChI is InChI=1S/C27H27NO5S/c1-2-28-21-10-6-12-23(29)26(21)25(27-22(28)11-7-13-24(27)30)18-14-16-19(17-15-18)33-34(31,32)20-8-4-3-5-9-20/h3-5,8-9,14-17,25H,2,6-7,10-13H2,1H3. The molecule has 0 atom stereocenters. The molecule has 1 aliphatic heterocycles. The molecular formula is C27H27NO5S. The molecule has 0 N–H and O–H groups in total. The fourth-order valence-corrected chi connectivity index (χ4v) is 6.36. The van der Waals surface area contributed by atoms with E-state index in [1.165, 1.54) is 12.1 Å². The minimum atomic E-state index is -3.95. The summed E-state index contributed by atoms with van der Waals surface area (Å²) in [4.78, 5) is 28.6. The number of nitrogens with zero attached hydrogens (tertiary/aromatic N) is 1. The predicted molar refractivity (Wildman–Crippen MR) is 128 cm³/mol. The van der Waals surface area contributed by atoms with Gasteiger partial charge in [-0.3, -0.25) is 9.59 Å². The summed E-state index contributed by atoms with van der Waals surface area (Å²) in [5.41, 5.74) is 4.36. The Morgan fingerprint density at radius 2 is 1.38 bits per heavy atom. The molecule has 0 spiro atoms. The van der Waals surface area contributed by atoms with Crippen molar-refractivity contribution in [3.63, 3.8) is 0 Å². The average molecular weight is 478 g/mol. The number of Topliss-reactive ketones (excluding diaryl/α,β-unsaturated/α-hetero) is 2. The maximum atomic E-state index is 13.1. The third-order valence-corrected chi connectivity index (χ3v) is 8.12. The van der Waals surface area contributed by atoms with Crippen LogP contribution in [-0.2, 0) is 19.7 Å². The van der Waals surface area contributed by atoms with Crippen molar-refractivity contribution < 1.29 is 22.2 Å². The summed E-state index contributed by atoms with van der Waals surface area (Å²) >= 11 is 0. The lowest BCUT2D eigenvalue weighted by molar-refractivity contribution is -0.117. The molecule has 7 heteroatoms. The van der Waals surface area contributed by atoms with Gasteiger partial charge in [0.1, 0.15) is 10.6 Å². The van der Waals surface area contributed by atoms with E-state index in [9.17, 15) is 18.0 Å². The molecule has 0 bridgehead atoms. The van der Waals surface area contributed by atoms with E-state index in [1.54, 1.807) is 42.5 Å². The normalized spacial score (nSPS) is 19.3. The van der Waals surface area contributed by atoms with Crippen LogP contribution >= 0.6 is 0 Å². The van der Waals surface area contributed by atoms with E-state index in [2.05, 4.69) is 11.8 Å². The molecule has 0 saturated carbocycles. The monoisotopic (exact) mass is 477 g/mol. The first kappa shape index (κ1) is 22.6. The van der Waals surface area contributed by atoms with E-state index >= 15 is 0 Å². The molecule has 3 aliphatic rings. The van der Waals surface area contributed by atoms with E-state index in [0.29, 0.717) is 12.8 Å². The summed E-state index contributed by atoms with van der Waals surface area (Å²) in [6.45, 7) is 2.79. The van der Waals surface area contributed by atoms with Crippen LogP contribution in [0.15, 0.2) is 82.0 Å². The van der Waals surface area contributed by atoms with Crippen molar-refractivity contribution in [3.8, 4) is 5.75 Å². The molecule has 2 aromatic rings. The van der Waals surface area contributed by atoms with Crippen LogP contribution in [0.5, 0.6) is 5.75 Å². The van der Waals surface area contributed by atoms with Crippen LogP contribution in [0.1, 0.15) is 56.9 Å². The second-order valence-electron chi connectivity index (χ2n) is 8.87.